The van der Waals surface area contributed by atoms with Crippen molar-refractivity contribution in [2.75, 3.05) is 0 Å². The molecule has 0 spiro atoms. The highest BCUT2D eigenvalue weighted by Crippen LogP contribution is 2.57. The second kappa shape index (κ2) is 5.15. The Morgan fingerprint density at radius 1 is 0.562 bits per heavy atom. The Labute approximate surface area is 105 Å². The fourth-order valence-electron chi connectivity index (χ4n) is 3.79. The van der Waals surface area contributed by atoms with Gasteiger partial charge in [-0.05, 0) is 0 Å². The van der Waals surface area contributed by atoms with Gasteiger partial charge in [0.05, 0.1) is 0 Å². The highest BCUT2D eigenvalue weighted by atomic mass is 14.3. The quantitative estimate of drug-likeness (QED) is 0.481. The fourth-order valence-corrected chi connectivity index (χ4v) is 3.79. The minimum Gasteiger partial charge on any atom is -0.190 e. The normalized spacial score (nSPS) is 14.6. The summed E-state index contributed by atoms with van der Waals surface area (Å²) in [6.07, 6.45) is 3.81. The Morgan fingerprint density at radius 2 is 0.750 bits per heavy atom. The summed E-state index contributed by atoms with van der Waals surface area (Å²) in [6.45, 7) is 22.5. The zero-order valence-electron chi connectivity index (χ0n) is 13.2. The SMILES string of the molecule is CCC(C)(C)[B-](C(C)(C)CC)C(C)(C)CC. The summed E-state index contributed by atoms with van der Waals surface area (Å²) in [5, 5.41) is 1.29. The van der Waals surface area contributed by atoms with E-state index in [2.05, 4.69) is 62.3 Å². The third kappa shape index (κ3) is 3.28. The Hall–Kier alpha value is 0.0649. The maximum atomic E-state index is 2.45. The lowest BCUT2D eigenvalue weighted by atomic mass is 9.14. The van der Waals surface area contributed by atoms with E-state index in [0.717, 1.165) is 6.71 Å². The Balaban J connectivity index is 5.40. The van der Waals surface area contributed by atoms with Crippen molar-refractivity contribution in [1.29, 1.82) is 0 Å². The van der Waals surface area contributed by atoms with Crippen LogP contribution in [-0.4, -0.2) is 6.71 Å². The summed E-state index contributed by atoms with van der Waals surface area (Å²) >= 11 is 0. The van der Waals surface area contributed by atoms with Crippen LogP contribution in [0, 0.1) is 0 Å². The van der Waals surface area contributed by atoms with Gasteiger partial charge in [0, 0.05) is 0 Å². The molecule has 0 unspecified atom stereocenters. The van der Waals surface area contributed by atoms with Gasteiger partial charge in [0.25, 0.3) is 0 Å². The second-order valence-electron chi connectivity index (χ2n) is 7.46. The molecule has 1 radical (unpaired) electrons. The smallest absolute Gasteiger partial charge is 0.0680 e. The largest absolute Gasteiger partial charge is 0.190 e. The maximum Gasteiger partial charge on any atom is -0.0680 e. The van der Waals surface area contributed by atoms with Crippen LogP contribution in [0.5, 0.6) is 0 Å². The monoisotopic (exact) mass is 224 g/mol. The highest BCUT2D eigenvalue weighted by Gasteiger charge is 2.35. The molecule has 0 bridgehead atoms. The van der Waals surface area contributed by atoms with Gasteiger partial charge >= 0.3 is 0 Å². The predicted octanol–water partition coefficient (Wildman–Crippen LogP) is 6.05. The van der Waals surface area contributed by atoms with Crippen LogP contribution in [0.25, 0.3) is 0 Å². The zero-order chi connectivity index (χ0) is 13.2. The van der Waals surface area contributed by atoms with Crippen LogP contribution in [0.1, 0.15) is 81.6 Å². The summed E-state index contributed by atoms with van der Waals surface area (Å²) in [4.78, 5) is 0. The van der Waals surface area contributed by atoms with Crippen molar-refractivity contribution in [3.63, 3.8) is 0 Å². The molecule has 16 heavy (non-hydrogen) atoms. The molecule has 0 rings (SSSR count). The van der Waals surface area contributed by atoms with E-state index in [4.69, 9.17) is 0 Å². The summed E-state index contributed by atoms with van der Waals surface area (Å²) in [5.41, 5.74) is 0. The average molecular weight is 224 g/mol. The van der Waals surface area contributed by atoms with Crippen LogP contribution in [0.15, 0.2) is 0 Å². The first-order valence-corrected chi connectivity index (χ1v) is 7.05. The van der Waals surface area contributed by atoms with Gasteiger partial charge in [-0.3, -0.25) is 0 Å². The van der Waals surface area contributed by atoms with E-state index in [1.807, 2.05) is 0 Å². The van der Waals surface area contributed by atoms with Crippen LogP contribution >= 0.6 is 0 Å². The van der Waals surface area contributed by atoms with E-state index in [1.165, 1.54) is 19.3 Å². The lowest BCUT2D eigenvalue weighted by molar-refractivity contribution is 0.482. The zero-order valence-corrected chi connectivity index (χ0v) is 13.2. The van der Waals surface area contributed by atoms with E-state index in [-0.39, 0.29) is 0 Å². The minimum atomic E-state index is 0.430. The third-order valence-corrected chi connectivity index (χ3v) is 5.08. The van der Waals surface area contributed by atoms with Crippen LogP contribution in [0.4, 0.5) is 0 Å². The molecule has 0 aromatic rings. The van der Waals surface area contributed by atoms with Crippen LogP contribution in [0.3, 0.4) is 0 Å². The van der Waals surface area contributed by atoms with Gasteiger partial charge in [0.2, 0.25) is 0 Å². The van der Waals surface area contributed by atoms with Gasteiger partial charge in [-0.2, -0.15) is 15.9 Å². The molecular formula is C15H33B-. The van der Waals surface area contributed by atoms with Gasteiger partial charge < -0.3 is 0 Å². The van der Waals surface area contributed by atoms with Crippen molar-refractivity contribution in [3.05, 3.63) is 0 Å². The molecule has 0 nitrogen and oxygen atoms in total. The molecule has 0 saturated carbocycles. The van der Waals surface area contributed by atoms with Crippen LogP contribution in [0.2, 0.25) is 15.9 Å². The van der Waals surface area contributed by atoms with Crippen molar-refractivity contribution < 1.29 is 0 Å². The number of hydrogen-bond donors (Lipinski definition) is 0. The van der Waals surface area contributed by atoms with Gasteiger partial charge in [0.15, 0.2) is 0 Å². The number of hydrogen-bond acceptors (Lipinski definition) is 0. The van der Waals surface area contributed by atoms with Crippen molar-refractivity contribution in [2.24, 2.45) is 0 Å². The van der Waals surface area contributed by atoms with Crippen LogP contribution < -0.4 is 0 Å². The van der Waals surface area contributed by atoms with Crippen LogP contribution in [-0.2, 0) is 0 Å². The van der Waals surface area contributed by atoms with Gasteiger partial charge in [-0.1, -0.05) is 81.6 Å². The summed E-state index contributed by atoms with van der Waals surface area (Å²) in [7, 11) is 0. The molecule has 0 N–H and O–H groups in total. The minimum absolute atomic E-state index is 0.430. The van der Waals surface area contributed by atoms with E-state index >= 15 is 0 Å². The highest BCUT2D eigenvalue weighted by molar-refractivity contribution is 6.68. The first-order chi connectivity index (χ1) is 7.05. The molecule has 0 atom stereocenters. The molecular weight excluding hydrogens is 191 g/mol. The van der Waals surface area contributed by atoms with E-state index in [1.54, 1.807) is 0 Å². The van der Waals surface area contributed by atoms with Crippen molar-refractivity contribution >= 4 is 6.71 Å². The fraction of sp³-hybridized carbons (Fsp3) is 1.00. The van der Waals surface area contributed by atoms with E-state index < -0.39 is 0 Å². The van der Waals surface area contributed by atoms with Crippen molar-refractivity contribution in [3.8, 4) is 0 Å². The lowest BCUT2D eigenvalue weighted by Gasteiger charge is -2.63. The molecule has 0 aliphatic carbocycles. The topological polar surface area (TPSA) is 0 Å². The van der Waals surface area contributed by atoms with Crippen molar-refractivity contribution in [1.82, 2.24) is 0 Å². The molecule has 0 amide bonds. The van der Waals surface area contributed by atoms with Gasteiger partial charge in [-0.25, -0.2) is 0 Å². The maximum absolute atomic E-state index is 2.45. The number of rotatable bonds is 6. The second-order valence-corrected chi connectivity index (χ2v) is 7.46. The first-order valence-electron chi connectivity index (χ1n) is 7.05. The average Bonchev–Trinajstić information content (AvgIpc) is 2.16. The molecule has 0 aromatic carbocycles. The Morgan fingerprint density at radius 3 is 0.875 bits per heavy atom. The molecule has 97 valence electrons. The summed E-state index contributed by atoms with van der Waals surface area (Å²) in [5.74, 6) is 0. The van der Waals surface area contributed by atoms with E-state index in [0.29, 0.717) is 15.9 Å². The predicted molar refractivity (Wildman–Crippen MR) is 78.8 cm³/mol. The summed E-state index contributed by atoms with van der Waals surface area (Å²) < 4.78 is 0. The first kappa shape index (κ1) is 16.1. The molecule has 0 aliphatic heterocycles. The molecule has 1 heteroatoms. The Bertz CT molecular complexity index is 175. The molecule has 0 heterocycles. The third-order valence-electron chi connectivity index (χ3n) is 5.08. The van der Waals surface area contributed by atoms with Gasteiger partial charge in [0.1, 0.15) is 0 Å². The Kier molecular flexibility index (Phi) is 5.17. The van der Waals surface area contributed by atoms with Gasteiger partial charge in [-0.15, -0.1) is 6.71 Å². The van der Waals surface area contributed by atoms with E-state index in [9.17, 15) is 0 Å². The lowest BCUT2D eigenvalue weighted by Crippen LogP contribution is -2.45. The molecule has 0 aliphatic rings. The van der Waals surface area contributed by atoms with Crippen molar-refractivity contribution in [2.45, 2.75) is 97.5 Å². The summed E-state index contributed by atoms with van der Waals surface area (Å²) in [6, 6.07) is 0. The standard InChI is InChI=1S/C15H33B/c1-10-13(4,5)16(14(6,7)11-2)15(8,9)12-3/h10-12H2,1-9H3/q-1. The molecule has 0 aromatic heterocycles. The molecule has 0 saturated heterocycles. The molecule has 0 fully saturated rings.